The van der Waals surface area contributed by atoms with Crippen molar-refractivity contribution in [2.75, 3.05) is 11.5 Å². The van der Waals surface area contributed by atoms with Crippen molar-refractivity contribution in [3.05, 3.63) is 85.4 Å². The van der Waals surface area contributed by atoms with Crippen molar-refractivity contribution < 1.29 is 4.79 Å². The highest BCUT2D eigenvalue weighted by atomic mass is 32.2. The first-order valence-corrected chi connectivity index (χ1v) is 25.8. The number of aryl methyl sites for hydroxylation is 3. The number of thiophene rings is 3. The molecule has 0 radical (unpaired) electrons. The van der Waals surface area contributed by atoms with Gasteiger partial charge in [-0.2, -0.15) is 10.5 Å². The molecule has 0 saturated heterocycles. The number of thioether (sulfide) groups is 4. The number of aldehydes is 1. The predicted molar refractivity (Wildman–Crippen MR) is 285 cm³/mol. The molecule has 0 aliphatic carbocycles. The first kappa shape index (κ1) is 64.9. The van der Waals surface area contributed by atoms with Crippen molar-refractivity contribution in [2.45, 2.75) is 140 Å². The Kier molecular flexibility index (Phi) is 47.3. The van der Waals surface area contributed by atoms with Crippen LogP contribution in [0.2, 0.25) is 0 Å². The van der Waals surface area contributed by atoms with Crippen LogP contribution in [0.25, 0.3) is 6.08 Å². The fourth-order valence-corrected chi connectivity index (χ4v) is 12.0. The summed E-state index contributed by atoms with van der Waals surface area (Å²) in [5.74, 6) is 2.17. The lowest BCUT2D eigenvalue weighted by Gasteiger charge is -2.22. The number of hydrogen-bond acceptors (Lipinski definition) is 12. The highest BCUT2D eigenvalue weighted by molar-refractivity contribution is 8.48. The van der Waals surface area contributed by atoms with E-state index in [1.165, 1.54) is 73.2 Å². The molecule has 322 valence electrons. The summed E-state index contributed by atoms with van der Waals surface area (Å²) in [6.07, 6.45) is 8.38. The number of nitriles is 2. The van der Waals surface area contributed by atoms with E-state index >= 15 is 0 Å². The maximum atomic E-state index is 10.0. The van der Waals surface area contributed by atoms with Gasteiger partial charge in [0.25, 0.3) is 0 Å². The Morgan fingerprint density at radius 1 is 0.772 bits per heavy atom. The van der Waals surface area contributed by atoms with E-state index in [-0.39, 0.29) is 17.6 Å². The maximum absolute atomic E-state index is 10.0. The molecule has 1 unspecified atom stereocenters. The Bertz CT molecular complexity index is 1490. The number of rotatable bonds is 13. The van der Waals surface area contributed by atoms with E-state index in [0.717, 1.165) is 36.1 Å². The van der Waals surface area contributed by atoms with Gasteiger partial charge in [-0.05, 0) is 116 Å². The molecule has 0 aliphatic rings. The molecule has 0 amide bonds. The molecule has 0 N–H and O–H groups in total. The van der Waals surface area contributed by atoms with Crippen LogP contribution in [-0.4, -0.2) is 29.6 Å². The molecule has 12 heteroatoms. The van der Waals surface area contributed by atoms with Crippen LogP contribution < -0.4 is 0 Å². The molecule has 3 rings (SSSR count). The van der Waals surface area contributed by atoms with E-state index in [1.807, 2.05) is 91.9 Å². The van der Waals surface area contributed by atoms with E-state index in [0.29, 0.717) is 5.25 Å². The van der Waals surface area contributed by atoms with Crippen molar-refractivity contribution in [1.82, 2.24) is 0 Å². The van der Waals surface area contributed by atoms with Gasteiger partial charge in [-0.25, -0.2) is 0 Å². The number of unbranched alkanes of at least 4 members (excludes halogenated alkanes) is 2. The summed E-state index contributed by atoms with van der Waals surface area (Å²) in [4.78, 5) is 17.3. The largest absolute Gasteiger partial charge is 0.297 e. The van der Waals surface area contributed by atoms with E-state index in [4.69, 9.17) is 29.7 Å². The molecule has 0 fully saturated rings. The van der Waals surface area contributed by atoms with Crippen LogP contribution >= 0.6 is 105 Å². The van der Waals surface area contributed by atoms with Gasteiger partial charge in [0.1, 0.15) is 11.8 Å². The highest BCUT2D eigenvalue weighted by Gasteiger charge is 2.27. The Morgan fingerprint density at radius 2 is 1.21 bits per heavy atom. The minimum absolute atomic E-state index is 0. The molecule has 1 atom stereocenters. The van der Waals surface area contributed by atoms with Crippen LogP contribution in [0.3, 0.4) is 0 Å². The molecule has 3 nitrogen and oxygen atoms in total. The molecule has 0 bridgehead atoms. The smallest absolute Gasteiger partial charge is 0.160 e. The number of nitrogens with zero attached hydrogens (tertiary/aromatic N) is 2. The van der Waals surface area contributed by atoms with Gasteiger partial charge >= 0.3 is 0 Å². The average molecular weight is 946 g/mol. The van der Waals surface area contributed by atoms with Crippen molar-refractivity contribution in [3.8, 4) is 12.1 Å². The second kappa shape index (κ2) is 41.5. The first-order valence-electron chi connectivity index (χ1n) is 18.8. The summed E-state index contributed by atoms with van der Waals surface area (Å²) < 4.78 is 1.52. The summed E-state index contributed by atoms with van der Waals surface area (Å²) >= 11 is 22.5. The SMILES string of the molecule is C.C=C.C=Cc1ccc(C)s1.CC.CC.CCCCSC(=S)SC(C)(C)C#N.CCCCSC(=S)SC(CC(C)(C)C#N)c1ccc(C)s1.Cc1ccc(C=O)s1. The van der Waals surface area contributed by atoms with Crippen LogP contribution in [0.15, 0.2) is 56.1 Å². The summed E-state index contributed by atoms with van der Waals surface area (Å²) in [7, 11) is 0. The lowest BCUT2D eigenvalue weighted by Crippen LogP contribution is -2.12. The normalized spacial score (nSPS) is 10.1. The van der Waals surface area contributed by atoms with Crippen molar-refractivity contribution >= 4 is 125 Å². The Labute approximate surface area is 390 Å². The topological polar surface area (TPSA) is 64.7 Å². The molecule has 3 aromatic heterocycles. The summed E-state index contributed by atoms with van der Waals surface area (Å²) in [6.45, 7) is 36.0. The Balaban J connectivity index is -0.000000214. The van der Waals surface area contributed by atoms with Crippen LogP contribution in [0.4, 0.5) is 0 Å². The van der Waals surface area contributed by atoms with Crippen molar-refractivity contribution in [1.29, 1.82) is 10.5 Å². The third kappa shape index (κ3) is 37.5. The minimum Gasteiger partial charge on any atom is -0.297 e. The second-order valence-corrected chi connectivity index (χ2v) is 23.5. The van der Waals surface area contributed by atoms with Gasteiger partial charge in [0.15, 0.2) is 6.29 Å². The third-order valence-electron chi connectivity index (χ3n) is 6.20. The Morgan fingerprint density at radius 3 is 1.53 bits per heavy atom. The highest BCUT2D eigenvalue weighted by Crippen LogP contribution is 2.44. The average Bonchev–Trinajstić information content (AvgIpc) is 3.95. The molecule has 0 aromatic carbocycles. The summed E-state index contributed by atoms with van der Waals surface area (Å²) in [6, 6.07) is 16.9. The van der Waals surface area contributed by atoms with Gasteiger partial charge in [-0.15, -0.1) is 70.7 Å². The number of hydrogen-bond donors (Lipinski definition) is 0. The van der Waals surface area contributed by atoms with Crippen LogP contribution in [0, 0.1) is 48.8 Å². The zero-order valence-electron chi connectivity index (χ0n) is 36.2. The molecule has 3 heterocycles. The van der Waals surface area contributed by atoms with Gasteiger partial charge in [-0.1, -0.05) is 122 Å². The number of carbonyl (C=O) groups is 1. The van der Waals surface area contributed by atoms with Gasteiger partial charge in [0.2, 0.25) is 0 Å². The van der Waals surface area contributed by atoms with E-state index < -0.39 is 0 Å². The van der Waals surface area contributed by atoms with E-state index in [2.05, 4.69) is 83.8 Å². The monoisotopic (exact) mass is 944 g/mol. The van der Waals surface area contributed by atoms with Crippen LogP contribution in [0.1, 0.15) is 148 Å². The van der Waals surface area contributed by atoms with Gasteiger partial charge in [-0.3, -0.25) is 4.79 Å². The van der Waals surface area contributed by atoms with Crippen molar-refractivity contribution in [3.63, 3.8) is 0 Å². The van der Waals surface area contributed by atoms with Crippen LogP contribution in [0.5, 0.6) is 0 Å². The summed E-state index contributed by atoms with van der Waals surface area (Å²) in [5, 5.41) is 18.4. The predicted octanol–water partition coefficient (Wildman–Crippen LogP) is 18.5. The molecule has 0 aliphatic heterocycles. The zero-order chi connectivity index (χ0) is 44.2. The quantitative estimate of drug-likeness (QED) is 0.0721. The molecule has 0 spiro atoms. The van der Waals surface area contributed by atoms with Crippen LogP contribution in [-0.2, 0) is 0 Å². The fraction of sp³-hybridized carbons (Fsp3) is 0.533. The lowest BCUT2D eigenvalue weighted by molar-refractivity contribution is 0.112. The lowest BCUT2D eigenvalue weighted by atomic mass is 9.89. The molecular weight excluding hydrogens is 873 g/mol. The summed E-state index contributed by atoms with van der Waals surface area (Å²) in [5.41, 5.74) is -0.320. The van der Waals surface area contributed by atoms with E-state index in [9.17, 15) is 10.1 Å². The van der Waals surface area contributed by atoms with E-state index in [1.54, 1.807) is 46.6 Å². The van der Waals surface area contributed by atoms with Gasteiger partial charge in [0, 0.05) is 29.6 Å². The molecule has 57 heavy (non-hydrogen) atoms. The Hall–Kier alpha value is -1.19. The van der Waals surface area contributed by atoms with Gasteiger partial charge in [0.05, 0.1) is 22.4 Å². The number of carbonyl (C=O) groups excluding carboxylic acids is 1. The fourth-order valence-electron chi connectivity index (χ4n) is 3.43. The third-order valence-corrected chi connectivity index (χ3v) is 15.0. The second-order valence-electron chi connectivity index (χ2n) is 12.1. The maximum Gasteiger partial charge on any atom is 0.160 e. The molecular formula is C45H72N2OS9. The van der Waals surface area contributed by atoms with Gasteiger partial charge < -0.3 is 0 Å². The minimum atomic E-state index is -0.379. The molecule has 0 saturated carbocycles. The first-order chi connectivity index (χ1) is 26.5. The standard InChI is InChI=1S/C16H23NS4.C9H15NS3.C7H8S.C6H6OS.2C2H6.C2H4.CH4/c1-5-6-9-19-15(18)21-14(10-16(3,4)11-17)13-8-7-12(2)20-13;1-4-5-6-12-8(11)13-9(2,3)7-10;1-3-7-5-4-6(2)8-7;1-5-2-3-6(4-7)8-5;3*1-2;/h7-8,14H,5-6,9-10H2,1-4H3;4-6H2,1-3H3;3-5H,1H2,2H3;2-4H,1H3;2*1-2H3;1-2H2;1H4. The zero-order valence-corrected chi connectivity index (χ0v) is 43.6. The van der Waals surface area contributed by atoms with Crippen molar-refractivity contribution in [2.24, 2.45) is 5.41 Å². The number of thiocarbonyl (C=S) groups is 2. The molecule has 3 aromatic rings.